The minimum Gasteiger partial charge on any atom is -0.508 e. The van der Waals surface area contributed by atoms with Crippen LogP contribution in [0.25, 0.3) is 16.2 Å². The van der Waals surface area contributed by atoms with Crippen molar-refractivity contribution in [1.29, 1.82) is 0 Å². The van der Waals surface area contributed by atoms with Gasteiger partial charge in [-0.3, -0.25) is 9.69 Å². The van der Waals surface area contributed by atoms with Crippen molar-refractivity contribution in [3.8, 4) is 5.75 Å². The molecule has 0 radical (unpaired) electrons. The Morgan fingerprint density at radius 1 is 1.00 bits per heavy atom. The molecule has 1 N–H and O–H groups in total. The molecule has 0 saturated heterocycles. The summed E-state index contributed by atoms with van der Waals surface area (Å²) in [5, 5.41) is 11.2. The van der Waals surface area contributed by atoms with Gasteiger partial charge in [-0.05, 0) is 54.1 Å². The van der Waals surface area contributed by atoms with Crippen molar-refractivity contribution in [1.82, 2.24) is 0 Å². The number of amidine groups is 1. The molecule has 7 heteroatoms. The molecule has 1 aliphatic rings. The predicted molar refractivity (Wildman–Crippen MR) is 131 cm³/mol. The molecular weight excluding hydrogens is 496 g/mol. The van der Waals surface area contributed by atoms with Crippen molar-refractivity contribution in [3.05, 3.63) is 98.4 Å². The van der Waals surface area contributed by atoms with E-state index in [9.17, 15) is 9.90 Å². The molecule has 0 unspecified atom stereocenters. The molecule has 152 valence electrons. The number of hydrogen-bond acceptors (Lipinski definition) is 4. The standard InChI is InChI=1S/C24H14BrClN2O2S/c25-15-7-5-14(6-8-15)13-19-24(30)28(16-9-11-17(29)12-10-16)23(27-19)22-21(26)18-3-1-2-4-20(18)31-22/h1-13,29H/b19-13+. The second-order valence-corrected chi connectivity index (χ2v) is 9.26. The monoisotopic (exact) mass is 508 g/mol. The Morgan fingerprint density at radius 2 is 1.71 bits per heavy atom. The zero-order chi connectivity index (χ0) is 21.5. The first-order valence-corrected chi connectivity index (χ1v) is 11.4. The number of halogens is 2. The Balaban J connectivity index is 1.68. The van der Waals surface area contributed by atoms with Gasteiger partial charge in [0, 0.05) is 14.6 Å². The molecule has 0 aliphatic carbocycles. The molecular formula is C24H14BrClN2O2S. The van der Waals surface area contributed by atoms with Crippen molar-refractivity contribution < 1.29 is 9.90 Å². The van der Waals surface area contributed by atoms with Gasteiger partial charge in [-0.1, -0.05) is 57.9 Å². The number of carbonyl (C=O) groups is 1. The van der Waals surface area contributed by atoms with Gasteiger partial charge in [-0.15, -0.1) is 11.3 Å². The third kappa shape index (κ3) is 3.67. The number of nitrogens with zero attached hydrogens (tertiary/aromatic N) is 2. The van der Waals surface area contributed by atoms with Crippen LogP contribution in [0.15, 0.2) is 88.0 Å². The molecule has 0 atom stereocenters. The Hall–Kier alpha value is -2.93. The topological polar surface area (TPSA) is 52.9 Å². The minimum absolute atomic E-state index is 0.124. The number of anilines is 1. The van der Waals surface area contributed by atoms with E-state index < -0.39 is 0 Å². The van der Waals surface area contributed by atoms with Crippen LogP contribution in [0.1, 0.15) is 10.4 Å². The number of benzene rings is 3. The summed E-state index contributed by atoms with van der Waals surface area (Å²) in [5.41, 5.74) is 1.79. The van der Waals surface area contributed by atoms with Crippen LogP contribution in [0.4, 0.5) is 5.69 Å². The highest BCUT2D eigenvalue weighted by molar-refractivity contribution is 9.10. The molecule has 1 amide bonds. The van der Waals surface area contributed by atoms with E-state index in [4.69, 9.17) is 16.6 Å². The van der Waals surface area contributed by atoms with Crippen LogP contribution >= 0.6 is 38.9 Å². The molecule has 1 aliphatic heterocycles. The lowest BCUT2D eigenvalue weighted by Gasteiger charge is -2.18. The number of aliphatic imine (C=N–C) groups is 1. The number of fused-ring (bicyclic) bond motifs is 1. The van der Waals surface area contributed by atoms with Crippen LogP contribution in [0.3, 0.4) is 0 Å². The molecule has 0 saturated carbocycles. The van der Waals surface area contributed by atoms with Crippen molar-refractivity contribution >= 4 is 72.5 Å². The Labute approximate surface area is 195 Å². The number of hydrogen-bond donors (Lipinski definition) is 1. The Kier molecular flexibility index (Phi) is 5.14. The van der Waals surface area contributed by atoms with Crippen molar-refractivity contribution in [2.75, 3.05) is 4.90 Å². The summed E-state index contributed by atoms with van der Waals surface area (Å²) in [4.78, 5) is 20.4. The highest BCUT2D eigenvalue weighted by Gasteiger charge is 2.34. The summed E-state index contributed by atoms with van der Waals surface area (Å²) >= 11 is 11.6. The number of carbonyl (C=O) groups excluding carboxylic acids is 1. The van der Waals surface area contributed by atoms with Gasteiger partial charge in [0.2, 0.25) is 0 Å². The summed E-state index contributed by atoms with van der Waals surface area (Å²) in [6.45, 7) is 0. The van der Waals surface area contributed by atoms with E-state index in [-0.39, 0.29) is 11.7 Å². The number of phenolic OH excluding ortho intramolecular Hbond substituents is 1. The second-order valence-electron chi connectivity index (χ2n) is 6.91. The summed E-state index contributed by atoms with van der Waals surface area (Å²) in [6.07, 6.45) is 1.76. The maximum Gasteiger partial charge on any atom is 0.282 e. The molecule has 0 fully saturated rings. The second kappa shape index (κ2) is 7.96. The van der Waals surface area contributed by atoms with Crippen molar-refractivity contribution in [2.45, 2.75) is 0 Å². The molecule has 0 bridgehead atoms. The lowest BCUT2D eigenvalue weighted by Crippen LogP contribution is -2.32. The van der Waals surface area contributed by atoms with Crippen LogP contribution in [0.5, 0.6) is 5.75 Å². The molecule has 5 rings (SSSR count). The SMILES string of the molecule is O=C1/C(=C\c2ccc(Br)cc2)N=C(c2sc3ccccc3c2Cl)N1c1ccc(O)cc1. The van der Waals surface area contributed by atoms with Crippen LogP contribution in [0.2, 0.25) is 5.02 Å². The summed E-state index contributed by atoms with van der Waals surface area (Å²) in [5.74, 6) is 0.349. The van der Waals surface area contributed by atoms with Gasteiger partial charge in [0.1, 0.15) is 11.4 Å². The zero-order valence-electron chi connectivity index (χ0n) is 15.9. The van der Waals surface area contributed by atoms with E-state index in [0.717, 1.165) is 25.0 Å². The zero-order valence-corrected chi connectivity index (χ0v) is 19.1. The fourth-order valence-electron chi connectivity index (χ4n) is 3.38. The number of amides is 1. The van der Waals surface area contributed by atoms with Crippen molar-refractivity contribution in [2.24, 2.45) is 4.99 Å². The average Bonchev–Trinajstić information content (AvgIpc) is 3.28. The van der Waals surface area contributed by atoms with E-state index in [2.05, 4.69) is 15.9 Å². The molecule has 4 nitrogen and oxygen atoms in total. The van der Waals surface area contributed by atoms with E-state index in [1.54, 1.807) is 35.2 Å². The first kappa shape index (κ1) is 20.0. The highest BCUT2D eigenvalue weighted by Crippen LogP contribution is 2.39. The van der Waals surface area contributed by atoms with Gasteiger partial charge >= 0.3 is 0 Å². The maximum absolute atomic E-state index is 13.4. The summed E-state index contributed by atoms with van der Waals surface area (Å²) in [7, 11) is 0. The largest absolute Gasteiger partial charge is 0.508 e. The fraction of sp³-hybridized carbons (Fsp3) is 0. The third-order valence-corrected chi connectivity index (χ3v) is 7.08. The number of thiophene rings is 1. The number of aromatic hydroxyl groups is 1. The van der Waals surface area contributed by atoms with Crippen molar-refractivity contribution in [3.63, 3.8) is 0 Å². The van der Waals surface area contributed by atoms with Crippen LogP contribution in [0, 0.1) is 0 Å². The number of rotatable bonds is 3. The summed E-state index contributed by atoms with van der Waals surface area (Å²) in [6, 6.07) is 22.0. The lowest BCUT2D eigenvalue weighted by atomic mass is 10.2. The predicted octanol–water partition coefficient (Wildman–Crippen LogP) is 6.86. The van der Waals surface area contributed by atoms with Gasteiger partial charge in [0.05, 0.1) is 15.6 Å². The van der Waals surface area contributed by atoms with Gasteiger partial charge in [-0.2, -0.15) is 0 Å². The molecule has 0 spiro atoms. The fourth-order valence-corrected chi connectivity index (χ4v) is 5.14. The lowest BCUT2D eigenvalue weighted by molar-refractivity contribution is -0.113. The first-order valence-electron chi connectivity index (χ1n) is 9.38. The molecule has 1 aromatic heterocycles. The van der Waals surface area contributed by atoms with Crippen LogP contribution in [-0.4, -0.2) is 16.8 Å². The van der Waals surface area contributed by atoms with Gasteiger partial charge in [0.25, 0.3) is 5.91 Å². The molecule has 3 aromatic carbocycles. The summed E-state index contributed by atoms with van der Waals surface area (Å²) < 4.78 is 1.98. The molecule has 4 aromatic rings. The van der Waals surface area contributed by atoms with E-state index in [1.165, 1.54) is 11.3 Å². The van der Waals surface area contributed by atoms with E-state index in [0.29, 0.717) is 22.2 Å². The average molecular weight is 510 g/mol. The first-order chi connectivity index (χ1) is 15.0. The highest BCUT2D eigenvalue weighted by atomic mass is 79.9. The smallest absolute Gasteiger partial charge is 0.282 e. The quantitative estimate of drug-likeness (QED) is 0.307. The van der Waals surface area contributed by atoms with E-state index >= 15 is 0 Å². The Bertz CT molecular complexity index is 1380. The minimum atomic E-state index is -0.253. The Morgan fingerprint density at radius 3 is 2.42 bits per heavy atom. The maximum atomic E-state index is 13.4. The normalized spacial score (nSPS) is 15.2. The van der Waals surface area contributed by atoms with Gasteiger partial charge in [-0.25, -0.2) is 4.99 Å². The van der Waals surface area contributed by atoms with Gasteiger partial charge in [0.15, 0.2) is 5.84 Å². The third-order valence-electron chi connectivity index (χ3n) is 4.88. The van der Waals surface area contributed by atoms with Gasteiger partial charge < -0.3 is 5.11 Å². The number of phenols is 1. The molecule has 2 heterocycles. The van der Waals surface area contributed by atoms with Crippen LogP contribution < -0.4 is 4.90 Å². The van der Waals surface area contributed by atoms with Crippen LogP contribution in [-0.2, 0) is 4.79 Å². The molecule has 31 heavy (non-hydrogen) atoms. The van der Waals surface area contributed by atoms with E-state index in [1.807, 2.05) is 48.5 Å².